The van der Waals surface area contributed by atoms with Crippen molar-refractivity contribution in [3.05, 3.63) is 41.2 Å². The highest BCUT2D eigenvalue weighted by atomic mass is 16.3. The molecule has 5 heteroatoms. The average Bonchev–Trinajstić information content (AvgIpc) is 2.76. The van der Waals surface area contributed by atoms with Crippen molar-refractivity contribution in [1.29, 1.82) is 0 Å². The SMILES string of the molecule is Cn1cc(CC2NCCc3ccc(O)cc32)nn1. The van der Waals surface area contributed by atoms with E-state index in [1.807, 2.05) is 25.4 Å². The Hall–Kier alpha value is -1.88. The summed E-state index contributed by atoms with van der Waals surface area (Å²) in [5.41, 5.74) is 3.44. The van der Waals surface area contributed by atoms with Crippen molar-refractivity contribution in [2.45, 2.75) is 18.9 Å². The van der Waals surface area contributed by atoms with Gasteiger partial charge in [-0.25, -0.2) is 0 Å². The maximum Gasteiger partial charge on any atom is 0.115 e. The Morgan fingerprint density at radius 1 is 1.50 bits per heavy atom. The van der Waals surface area contributed by atoms with E-state index in [2.05, 4.69) is 15.6 Å². The van der Waals surface area contributed by atoms with Crippen LogP contribution in [-0.2, 0) is 19.9 Å². The summed E-state index contributed by atoms with van der Waals surface area (Å²) in [4.78, 5) is 0. The van der Waals surface area contributed by atoms with Crippen LogP contribution in [0.3, 0.4) is 0 Å². The number of fused-ring (bicyclic) bond motifs is 1. The monoisotopic (exact) mass is 244 g/mol. The lowest BCUT2D eigenvalue weighted by Gasteiger charge is -2.26. The Labute approximate surface area is 105 Å². The van der Waals surface area contributed by atoms with Crippen molar-refractivity contribution >= 4 is 0 Å². The van der Waals surface area contributed by atoms with Crippen LogP contribution in [0.1, 0.15) is 22.9 Å². The number of aryl methyl sites for hydroxylation is 1. The molecule has 2 aromatic rings. The van der Waals surface area contributed by atoms with Gasteiger partial charge in [0.1, 0.15) is 5.75 Å². The fourth-order valence-corrected chi connectivity index (χ4v) is 2.51. The minimum atomic E-state index is 0.206. The van der Waals surface area contributed by atoms with Crippen LogP contribution in [-0.4, -0.2) is 26.6 Å². The molecule has 0 saturated carbocycles. The van der Waals surface area contributed by atoms with Gasteiger partial charge in [-0.3, -0.25) is 4.68 Å². The number of rotatable bonds is 2. The summed E-state index contributed by atoms with van der Waals surface area (Å²) in [6.07, 6.45) is 3.73. The van der Waals surface area contributed by atoms with Crippen LogP contribution in [0.5, 0.6) is 5.75 Å². The van der Waals surface area contributed by atoms with E-state index in [9.17, 15) is 5.11 Å². The Bertz CT molecular complexity index is 564. The first kappa shape index (κ1) is 11.2. The highest BCUT2D eigenvalue weighted by Crippen LogP contribution is 2.28. The van der Waals surface area contributed by atoms with Gasteiger partial charge in [0, 0.05) is 25.7 Å². The van der Waals surface area contributed by atoms with Gasteiger partial charge in [0.15, 0.2) is 0 Å². The number of aromatic nitrogens is 3. The van der Waals surface area contributed by atoms with Crippen molar-refractivity contribution in [3.8, 4) is 5.75 Å². The van der Waals surface area contributed by atoms with Crippen LogP contribution in [0.2, 0.25) is 0 Å². The van der Waals surface area contributed by atoms with Crippen LogP contribution in [0, 0.1) is 0 Å². The Morgan fingerprint density at radius 2 is 2.39 bits per heavy atom. The third-order valence-corrected chi connectivity index (χ3v) is 3.35. The van der Waals surface area contributed by atoms with Crippen molar-refractivity contribution in [1.82, 2.24) is 20.3 Å². The Balaban J connectivity index is 1.88. The minimum Gasteiger partial charge on any atom is -0.508 e. The molecule has 0 spiro atoms. The molecule has 3 rings (SSSR count). The lowest BCUT2D eigenvalue weighted by atomic mass is 9.91. The zero-order valence-electron chi connectivity index (χ0n) is 10.3. The third-order valence-electron chi connectivity index (χ3n) is 3.35. The molecule has 0 radical (unpaired) electrons. The summed E-state index contributed by atoms with van der Waals surface area (Å²) in [6.45, 7) is 0.961. The molecule has 1 atom stereocenters. The first-order valence-corrected chi connectivity index (χ1v) is 6.13. The van der Waals surface area contributed by atoms with E-state index in [0.29, 0.717) is 5.75 Å². The van der Waals surface area contributed by atoms with Crippen LogP contribution in [0.15, 0.2) is 24.4 Å². The van der Waals surface area contributed by atoms with Crippen LogP contribution in [0.25, 0.3) is 0 Å². The molecule has 0 bridgehead atoms. The first-order chi connectivity index (χ1) is 8.72. The topological polar surface area (TPSA) is 63.0 Å². The van der Waals surface area contributed by atoms with Crippen LogP contribution in [0.4, 0.5) is 0 Å². The molecule has 94 valence electrons. The second-order valence-electron chi connectivity index (χ2n) is 4.73. The zero-order valence-corrected chi connectivity index (χ0v) is 10.3. The van der Waals surface area contributed by atoms with E-state index in [0.717, 1.165) is 25.1 Å². The van der Waals surface area contributed by atoms with Crippen molar-refractivity contribution in [2.75, 3.05) is 6.54 Å². The summed E-state index contributed by atoms with van der Waals surface area (Å²) in [6, 6.07) is 5.82. The average molecular weight is 244 g/mol. The molecule has 2 heterocycles. The van der Waals surface area contributed by atoms with E-state index >= 15 is 0 Å². The predicted molar refractivity (Wildman–Crippen MR) is 67.3 cm³/mol. The van der Waals surface area contributed by atoms with Crippen molar-refractivity contribution < 1.29 is 5.11 Å². The number of nitrogens with one attached hydrogen (secondary N) is 1. The normalized spacial score (nSPS) is 18.6. The molecule has 1 aromatic heterocycles. The van der Waals surface area contributed by atoms with Gasteiger partial charge in [-0.2, -0.15) is 0 Å². The second kappa shape index (κ2) is 4.42. The molecule has 18 heavy (non-hydrogen) atoms. The van der Waals surface area contributed by atoms with Gasteiger partial charge in [-0.15, -0.1) is 5.10 Å². The van der Waals surface area contributed by atoms with E-state index in [1.165, 1.54) is 11.1 Å². The fourth-order valence-electron chi connectivity index (χ4n) is 2.51. The van der Waals surface area contributed by atoms with Crippen LogP contribution < -0.4 is 5.32 Å². The summed E-state index contributed by atoms with van der Waals surface area (Å²) < 4.78 is 1.71. The molecule has 1 unspecified atom stereocenters. The summed E-state index contributed by atoms with van der Waals surface area (Å²) in [5.74, 6) is 0.321. The number of hydrogen-bond donors (Lipinski definition) is 2. The second-order valence-corrected chi connectivity index (χ2v) is 4.73. The summed E-state index contributed by atoms with van der Waals surface area (Å²) in [7, 11) is 1.87. The number of benzene rings is 1. The first-order valence-electron chi connectivity index (χ1n) is 6.13. The predicted octanol–water partition coefficient (Wildman–Crippen LogP) is 0.950. The molecular weight excluding hydrogens is 228 g/mol. The van der Waals surface area contributed by atoms with Gasteiger partial charge >= 0.3 is 0 Å². The minimum absolute atomic E-state index is 0.206. The standard InChI is InChI=1S/C13H16N4O/c1-17-8-10(15-16-17)6-13-12-7-11(18)3-2-9(12)4-5-14-13/h2-3,7-8,13-14,18H,4-6H2,1H3. The smallest absolute Gasteiger partial charge is 0.115 e. The lowest BCUT2D eigenvalue weighted by Crippen LogP contribution is -2.31. The number of hydrogen-bond acceptors (Lipinski definition) is 4. The van der Waals surface area contributed by atoms with Gasteiger partial charge in [-0.05, 0) is 36.2 Å². The van der Waals surface area contributed by atoms with Crippen molar-refractivity contribution in [2.24, 2.45) is 7.05 Å². The summed E-state index contributed by atoms with van der Waals surface area (Å²) in [5, 5.41) is 21.1. The zero-order chi connectivity index (χ0) is 12.5. The molecule has 0 amide bonds. The van der Waals surface area contributed by atoms with Gasteiger partial charge in [0.05, 0.1) is 5.69 Å². The highest BCUT2D eigenvalue weighted by Gasteiger charge is 2.21. The summed E-state index contributed by atoms with van der Waals surface area (Å²) >= 11 is 0. The molecule has 2 N–H and O–H groups in total. The van der Waals surface area contributed by atoms with E-state index < -0.39 is 0 Å². The fraction of sp³-hybridized carbons (Fsp3) is 0.385. The lowest BCUT2D eigenvalue weighted by molar-refractivity contribution is 0.462. The number of phenolic OH excluding ortho intramolecular Hbond substituents is 1. The highest BCUT2D eigenvalue weighted by molar-refractivity contribution is 5.39. The third kappa shape index (κ3) is 2.09. The molecule has 1 aromatic carbocycles. The number of aromatic hydroxyl groups is 1. The van der Waals surface area contributed by atoms with Gasteiger partial charge in [0.25, 0.3) is 0 Å². The van der Waals surface area contributed by atoms with Crippen molar-refractivity contribution in [3.63, 3.8) is 0 Å². The van der Waals surface area contributed by atoms with E-state index in [1.54, 1.807) is 10.7 Å². The maximum atomic E-state index is 9.62. The molecule has 0 saturated heterocycles. The quantitative estimate of drug-likeness (QED) is 0.825. The van der Waals surface area contributed by atoms with Gasteiger partial charge < -0.3 is 10.4 Å². The maximum absolute atomic E-state index is 9.62. The molecule has 1 aliphatic heterocycles. The molecule has 0 fully saturated rings. The van der Waals surface area contributed by atoms with Crippen LogP contribution >= 0.6 is 0 Å². The Morgan fingerprint density at radius 3 is 3.17 bits per heavy atom. The molecule has 5 nitrogen and oxygen atoms in total. The number of nitrogens with zero attached hydrogens (tertiary/aromatic N) is 3. The van der Waals surface area contributed by atoms with E-state index in [-0.39, 0.29) is 6.04 Å². The molecule has 0 aliphatic carbocycles. The van der Waals surface area contributed by atoms with Gasteiger partial charge in [0.2, 0.25) is 0 Å². The largest absolute Gasteiger partial charge is 0.508 e. The number of phenols is 1. The molecule has 1 aliphatic rings. The molecular formula is C13H16N4O. The van der Waals surface area contributed by atoms with Gasteiger partial charge in [-0.1, -0.05) is 11.3 Å². The Kier molecular flexibility index (Phi) is 2.76. The van der Waals surface area contributed by atoms with E-state index in [4.69, 9.17) is 0 Å².